The summed E-state index contributed by atoms with van der Waals surface area (Å²) in [5.74, 6) is 3.14. The minimum absolute atomic E-state index is 0. The lowest BCUT2D eigenvalue weighted by molar-refractivity contribution is 0.371. The van der Waals surface area contributed by atoms with Crippen molar-refractivity contribution in [3.8, 4) is 0 Å². The van der Waals surface area contributed by atoms with Crippen LogP contribution in [0, 0.1) is 6.92 Å². The number of nitrogens with zero attached hydrogens (tertiary/aromatic N) is 6. The SMILES string of the molecule is CCNC(=NCCCn1c(C)nc2ccccc21)N1CCN(c2ccccn2)CC1.I. The summed E-state index contributed by atoms with van der Waals surface area (Å²) in [6, 6.07) is 14.4. The van der Waals surface area contributed by atoms with Gasteiger partial charge in [-0.05, 0) is 44.5 Å². The molecule has 0 radical (unpaired) electrons. The van der Waals surface area contributed by atoms with Gasteiger partial charge in [0.15, 0.2) is 5.96 Å². The van der Waals surface area contributed by atoms with E-state index in [1.165, 1.54) is 5.52 Å². The molecule has 4 rings (SSSR count). The third-order valence-electron chi connectivity index (χ3n) is 5.53. The molecular weight excluding hydrogens is 501 g/mol. The van der Waals surface area contributed by atoms with E-state index in [1.807, 2.05) is 24.4 Å². The summed E-state index contributed by atoms with van der Waals surface area (Å²) in [6.45, 7) is 10.6. The molecule has 0 amide bonds. The molecule has 0 unspecified atom stereocenters. The number of imidazole rings is 1. The lowest BCUT2D eigenvalue weighted by atomic mass is 10.3. The Kier molecular flexibility index (Phi) is 8.51. The highest BCUT2D eigenvalue weighted by Gasteiger charge is 2.20. The zero-order valence-electron chi connectivity index (χ0n) is 18.4. The largest absolute Gasteiger partial charge is 0.357 e. The fraction of sp³-hybridized carbons (Fsp3) is 0.435. The lowest BCUT2D eigenvalue weighted by Gasteiger charge is -2.37. The number of pyridine rings is 1. The minimum Gasteiger partial charge on any atom is -0.357 e. The molecule has 0 aliphatic carbocycles. The number of hydrogen-bond donors (Lipinski definition) is 1. The standard InChI is InChI=1S/C23H31N7.HI/c1-3-24-23(29-17-15-28(16-18-29)22-11-6-7-12-25-22)26-13-8-14-30-19(2)27-20-9-4-5-10-21(20)30;/h4-7,9-12H,3,8,13-18H2,1-2H3,(H,24,26);1H. The van der Waals surface area contributed by atoms with Crippen molar-refractivity contribution in [1.29, 1.82) is 0 Å². The van der Waals surface area contributed by atoms with Crippen LogP contribution >= 0.6 is 24.0 Å². The maximum Gasteiger partial charge on any atom is 0.194 e. The maximum absolute atomic E-state index is 4.91. The van der Waals surface area contributed by atoms with Crippen LogP contribution in [-0.2, 0) is 6.54 Å². The number of nitrogens with one attached hydrogen (secondary N) is 1. The van der Waals surface area contributed by atoms with Gasteiger partial charge in [0.05, 0.1) is 11.0 Å². The smallest absolute Gasteiger partial charge is 0.194 e. The summed E-state index contributed by atoms with van der Waals surface area (Å²) in [5.41, 5.74) is 2.27. The van der Waals surface area contributed by atoms with Crippen LogP contribution in [0.3, 0.4) is 0 Å². The number of benzene rings is 1. The maximum atomic E-state index is 4.91. The third kappa shape index (κ3) is 5.66. The van der Waals surface area contributed by atoms with Gasteiger partial charge in [0, 0.05) is 52.0 Å². The number of guanidine groups is 1. The van der Waals surface area contributed by atoms with Crippen molar-refractivity contribution in [2.24, 2.45) is 4.99 Å². The second kappa shape index (κ2) is 11.3. The molecular formula is C23H32IN7. The molecule has 1 aromatic carbocycles. The van der Waals surface area contributed by atoms with E-state index in [0.717, 1.165) is 75.4 Å². The predicted molar refractivity (Wildman–Crippen MR) is 139 cm³/mol. The predicted octanol–water partition coefficient (Wildman–Crippen LogP) is 3.54. The highest BCUT2D eigenvalue weighted by atomic mass is 127. The van der Waals surface area contributed by atoms with Crippen LogP contribution in [0.5, 0.6) is 0 Å². The van der Waals surface area contributed by atoms with E-state index in [0.29, 0.717) is 0 Å². The first-order chi connectivity index (χ1) is 14.8. The Hall–Kier alpha value is -2.36. The number of anilines is 1. The van der Waals surface area contributed by atoms with Gasteiger partial charge in [-0.3, -0.25) is 4.99 Å². The van der Waals surface area contributed by atoms with Crippen LogP contribution in [0.25, 0.3) is 11.0 Å². The number of para-hydroxylation sites is 2. The molecule has 0 bridgehead atoms. The Morgan fingerprint density at radius 2 is 1.84 bits per heavy atom. The van der Waals surface area contributed by atoms with Crippen molar-refractivity contribution in [3.63, 3.8) is 0 Å². The van der Waals surface area contributed by atoms with Gasteiger partial charge >= 0.3 is 0 Å². The van der Waals surface area contributed by atoms with Gasteiger partial charge in [0.2, 0.25) is 0 Å². The Labute approximate surface area is 201 Å². The van der Waals surface area contributed by atoms with E-state index in [9.17, 15) is 0 Å². The molecule has 0 saturated carbocycles. The van der Waals surface area contributed by atoms with Gasteiger partial charge in [0.25, 0.3) is 0 Å². The van der Waals surface area contributed by atoms with Crippen molar-refractivity contribution in [1.82, 2.24) is 24.8 Å². The van der Waals surface area contributed by atoms with Gasteiger partial charge in [-0.2, -0.15) is 0 Å². The molecule has 2 aromatic heterocycles. The van der Waals surface area contributed by atoms with Crippen LogP contribution in [0.2, 0.25) is 0 Å². The van der Waals surface area contributed by atoms with Crippen molar-refractivity contribution in [3.05, 3.63) is 54.5 Å². The van der Waals surface area contributed by atoms with E-state index in [-0.39, 0.29) is 24.0 Å². The number of aromatic nitrogens is 3. The summed E-state index contributed by atoms with van der Waals surface area (Å²) in [7, 11) is 0. The first-order valence-electron chi connectivity index (χ1n) is 10.9. The fourth-order valence-corrected chi connectivity index (χ4v) is 4.01. The quantitative estimate of drug-likeness (QED) is 0.228. The molecule has 8 heteroatoms. The third-order valence-corrected chi connectivity index (χ3v) is 5.53. The summed E-state index contributed by atoms with van der Waals surface area (Å²) >= 11 is 0. The first kappa shape index (κ1) is 23.3. The van der Waals surface area contributed by atoms with Crippen molar-refractivity contribution in [2.45, 2.75) is 26.8 Å². The molecule has 31 heavy (non-hydrogen) atoms. The second-order valence-corrected chi connectivity index (χ2v) is 7.55. The lowest BCUT2D eigenvalue weighted by Crippen LogP contribution is -2.52. The molecule has 7 nitrogen and oxygen atoms in total. The van der Waals surface area contributed by atoms with Crippen LogP contribution < -0.4 is 10.2 Å². The Morgan fingerprint density at radius 3 is 2.58 bits per heavy atom. The molecule has 1 N–H and O–H groups in total. The number of aryl methyl sites for hydroxylation is 2. The first-order valence-corrected chi connectivity index (χ1v) is 10.9. The van der Waals surface area contributed by atoms with Gasteiger partial charge < -0.3 is 19.7 Å². The number of hydrogen-bond acceptors (Lipinski definition) is 4. The van der Waals surface area contributed by atoms with Gasteiger partial charge in [0.1, 0.15) is 11.6 Å². The Balaban J connectivity index is 0.00000272. The van der Waals surface area contributed by atoms with Gasteiger partial charge in [-0.1, -0.05) is 18.2 Å². The van der Waals surface area contributed by atoms with E-state index in [2.05, 4.69) is 67.8 Å². The molecule has 0 spiro atoms. The van der Waals surface area contributed by atoms with Crippen LogP contribution in [-0.4, -0.2) is 64.7 Å². The van der Waals surface area contributed by atoms with Gasteiger partial charge in [-0.25, -0.2) is 9.97 Å². The highest BCUT2D eigenvalue weighted by molar-refractivity contribution is 14.0. The van der Waals surface area contributed by atoms with E-state index in [1.54, 1.807) is 0 Å². The van der Waals surface area contributed by atoms with Crippen molar-refractivity contribution in [2.75, 3.05) is 44.2 Å². The van der Waals surface area contributed by atoms with Crippen LogP contribution in [0.4, 0.5) is 5.82 Å². The normalized spacial score (nSPS) is 14.6. The van der Waals surface area contributed by atoms with Crippen molar-refractivity contribution < 1.29 is 0 Å². The topological polar surface area (TPSA) is 61.6 Å². The zero-order valence-corrected chi connectivity index (χ0v) is 20.7. The average molecular weight is 533 g/mol. The number of aliphatic imine (C=N–C) groups is 1. The monoisotopic (exact) mass is 533 g/mol. The van der Waals surface area contributed by atoms with Crippen molar-refractivity contribution >= 4 is 46.8 Å². The van der Waals surface area contributed by atoms with Gasteiger partial charge in [-0.15, -0.1) is 24.0 Å². The summed E-state index contributed by atoms with van der Waals surface area (Å²) in [6.07, 6.45) is 2.85. The van der Waals surface area contributed by atoms with E-state index < -0.39 is 0 Å². The Morgan fingerprint density at radius 1 is 1.06 bits per heavy atom. The molecule has 0 atom stereocenters. The number of fused-ring (bicyclic) bond motifs is 1. The molecule has 1 aliphatic rings. The van der Waals surface area contributed by atoms with Crippen LogP contribution in [0.15, 0.2) is 53.7 Å². The molecule has 3 heterocycles. The molecule has 1 fully saturated rings. The molecule has 3 aromatic rings. The van der Waals surface area contributed by atoms with E-state index in [4.69, 9.17) is 4.99 Å². The number of halogens is 1. The highest BCUT2D eigenvalue weighted by Crippen LogP contribution is 2.16. The minimum atomic E-state index is 0. The molecule has 1 aliphatic heterocycles. The Bertz CT molecular complexity index is 978. The average Bonchev–Trinajstić information content (AvgIpc) is 3.11. The zero-order chi connectivity index (χ0) is 20.8. The fourth-order valence-electron chi connectivity index (χ4n) is 4.01. The number of piperazine rings is 1. The van der Waals surface area contributed by atoms with Crippen LogP contribution in [0.1, 0.15) is 19.2 Å². The van der Waals surface area contributed by atoms with E-state index >= 15 is 0 Å². The summed E-state index contributed by atoms with van der Waals surface area (Å²) in [4.78, 5) is 18.7. The summed E-state index contributed by atoms with van der Waals surface area (Å²) < 4.78 is 2.30. The number of rotatable bonds is 6. The molecule has 166 valence electrons. The molecule has 1 saturated heterocycles. The summed E-state index contributed by atoms with van der Waals surface area (Å²) in [5, 5.41) is 3.46. The second-order valence-electron chi connectivity index (χ2n) is 7.55.